The minimum Gasteiger partial charge on any atom is -0.364 e. The fraction of sp³-hybridized carbons (Fsp3) is 0.111. The van der Waals surface area contributed by atoms with E-state index in [-0.39, 0.29) is 11.4 Å². The van der Waals surface area contributed by atoms with Gasteiger partial charge in [0.2, 0.25) is 0 Å². The highest BCUT2D eigenvalue weighted by molar-refractivity contribution is 6.41. The maximum absolute atomic E-state index is 12.9. The number of benzene rings is 2. The molecule has 0 bridgehead atoms. The zero-order chi connectivity index (χ0) is 18.0. The maximum Gasteiger partial charge on any atom is 0.416 e. The number of rotatable bonds is 3. The summed E-state index contributed by atoms with van der Waals surface area (Å²) in [6, 6.07) is 13.8. The number of amides is 1. The van der Waals surface area contributed by atoms with Crippen molar-refractivity contribution in [2.75, 3.05) is 5.01 Å². The molecule has 128 valence electrons. The van der Waals surface area contributed by atoms with Gasteiger partial charge in [-0.2, -0.15) is 18.3 Å². The highest BCUT2D eigenvalue weighted by atomic mass is 19.4. The summed E-state index contributed by atoms with van der Waals surface area (Å²) in [5.41, 5.74) is 5.70. The van der Waals surface area contributed by atoms with E-state index in [0.29, 0.717) is 0 Å². The van der Waals surface area contributed by atoms with E-state index >= 15 is 0 Å². The fourth-order valence-corrected chi connectivity index (χ4v) is 2.57. The Balaban J connectivity index is 1.97. The number of carbonyl (C=O) groups is 1. The van der Waals surface area contributed by atoms with Crippen LogP contribution in [-0.4, -0.2) is 11.6 Å². The molecule has 0 saturated heterocycles. The number of hydrazone groups is 1. The summed E-state index contributed by atoms with van der Waals surface area (Å²) in [5, 5.41) is 5.37. The number of nitrogens with two attached hydrogens (primary N) is 1. The lowest BCUT2D eigenvalue weighted by molar-refractivity contribution is -0.137. The van der Waals surface area contributed by atoms with Gasteiger partial charge in [0.25, 0.3) is 5.91 Å². The minimum atomic E-state index is -4.46. The predicted octanol–water partition coefficient (Wildman–Crippen LogP) is 3.66. The first-order valence-corrected chi connectivity index (χ1v) is 7.44. The summed E-state index contributed by atoms with van der Waals surface area (Å²) in [4.78, 5) is 11.8. The molecule has 0 spiro atoms. The second-order valence-electron chi connectivity index (χ2n) is 5.47. The van der Waals surface area contributed by atoms with Gasteiger partial charge < -0.3 is 5.73 Å². The number of halogens is 3. The summed E-state index contributed by atoms with van der Waals surface area (Å²) in [6.45, 7) is 0. The molecular weight excluding hydrogens is 331 g/mol. The summed E-state index contributed by atoms with van der Waals surface area (Å²) >= 11 is 0. The van der Waals surface area contributed by atoms with E-state index in [1.165, 1.54) is 23.3 Å². The van der Waals surface area contributed by atoms with E-state index in [0.717, 1.165) is 17.7 Å². The zero-order valence-electron chi connectivity index (χ0n) is 12.9. The first-order chi connectivity index (χ1) is 11.9. The Morgan fingerprint density at radius 2 is 1.80 bits per heavy atom. The molecule has 1 amide bonds. The Kier molecular flexibility index (Phi) is 4.31. The highest BCUT2D eigenvalue weighted by Crippen LogP contribution is 2.33. The van der Waals surface area contributed by atoms with Crippen LogP contribution < -0.4 is 10.7 Å². The Morgan fingerprint density at radius 3 is 2.44 bits per heavy atom. The van der Waals surface area contributed by atoms with Gasteiger partial charge in [0.15, 0.2) is 0 Å². The fourth-order valence-electron chi connectivity index (χ4n) is 2.57. The highest BCUT2D eigenvalue weighted by Gasteiger charge is 2.31. The summed E-state index contributed by atoms with van der Waals surface area (Å²) in [7, 11) is 0. The van der Waals surface area contributed by atoms with Crippen LogP contribution in [0.4, 0.5) is 18.9 Å². The van der Waals surface area contributed by atoms with Crippen molar-refractivity contribution in [3.8, 4) is 0 Å². The number of alkyl halides is 3. The van der Waals surface area contributed by atoms with E-state index in [1.54, 1.807) is 6.08 Å². The molecular formula is C18H14F3N3O. The van der Waals surface area contributed by atoms with Crippen molar-refractivity contribution in [1.82, 2.24) is 0 Å². The number of nitrogens with zero attached hydrogens (tertiary/aromatic N) is 2. The molecule has 0 radical (unpaired) electrons. The molecule has 0 saturated carbocycles. The van der Waals surface area contributed by atoms with Crippen LogP contribution in [-0.2, 0) is 11.0 Å². The number of hydrogen-bond donors (Lipinski definition) is 1. The van der Waals surface area contributed by atoms with E-state index in [1.807, 2.05) is 30.3 Å². The van der Waals surface area contributed by atoms with E-state index < -0.39 is 23.6 Å². The number of hydrogen-bond acceptors (Lipinski definition) is 3. The van der Waals surface area contributed by atoms with Gasteiger partial charge in [0, 0.05) is 6.20 Å². The molecule has 2 aromatic rings. The van der Waals surface area contributed by atoms with Crippen molar-refractivity contribution in [2.45, 2.75) is 12.1 Å². The first-order valence-electron chi connectivity index (χ1n) is 7.44. The van der Waals surface area contributed by atoms with Gasteiger partial charge in [-0.1, -0.05) is 42.5 Å². The second kappa shape index (κ2) is 6.43. The molecule has 1 unspecified atom stereocenters. The van der Waals surface area contributed by atoms with Crippen LogP contribution in [0.2, 0.25) is 0 Å². The van der Waals surface area contributed by atoms with Gasteiger partial charge in [0.1, 0.15) is 5.71 Å². The smallest absolute Gasteiger partial charge is 0.364 e. The number of carbonyl (C=O) groups excluding carboxylic acids is 1. The lowest BCUT2D eigenvalue weighted by atomic mass is 9.93. The van der Waals surface area contributed by atoms with Crippen molar-refractivity contribution >= 4 is 17.3 Å². The number of allylic oxidation sites excluding steroid dienone is 1. The minimum absolute atomic E-state index is 0.0612. The maximum atomic E-state index is 12.9. The monoisotopic (exact) mass is 345 g/mol. The Bertz CT molecular complexity index is 844. The van der Waals surface area contributed by atoms with Gasteiger partial charge in [0.05, 0.1) is 17.2 Å². The van der Waals surface area contributed by atoms with Gasteiger partial charge in [-0.25, -0.2) is 5.01 Å². The van der Waals surface area contributed by atoms with Crippen molar-refractivity contribution in [3.63, 3.8) is 0 Å². The summed E-state index contributed by atoms with van der Waals surface area (Å²) in [5.74, 6) is -1.17. The van der Waals surface area contributed by atoms with E-state index in [9.17, 15) is 18.0 Å². The molecule has 2 N–H and O–H groups in total. The standard InChI is InChI=1S/C18H14F3N3O/c19-18(20,21)13-7-4-8-14(11-13)24-10-9-15(16(23-24)17(22)25)12-5-2-1-3-6-12/h1-11,15H,(H2,22,25). The van der Waals surface area contributed by atoms with E-state index in [4.69, 9.17) is 5.73 Å². The number of anilines is 1. The van der Waals surface area contributed by atoms with Crippen LogP contribution in [0, 0.1) is 0 Å². The molecule has 4 nitrogen and oxygen atoms in total. The molecule has 2 aromatic carbocycles. The third-order valence-corrected chi connectivity index (χ3v) is 3.78. The third-order valence-electron chi connectivity index (χ3n) is 3.78. The second-order valence-corrected chi connectivity index (χ2v) is 5.47. The van der Waals surface area contributed by atoms with Crippen LogP contribution in [0.5, 0.6) is 0 Å². The molecule has 7 heteroatoms. The summed E-state index contributed by atoms with van der Waals surface area (Å²) in [6.07, 6.45) is -1.25. The van der Waals surface area contributed by atoms with Gasteiger partial charge in [-0.05, 0) is 23.8 Å². The molecule has 3 rings (SSSR count). The molecule has 0 aromatic heterocycles. The third kappa shape index (κ3) is 3.55. The molecule has 25 heavy (non-hydrogen) atoms. The van der Waals surface area contributed by atoms with Crippen LogP contribution in [0.3, 0.4) is 0 Å². The van der Waals surface area contributed by atoms with Crippen LogP contribution in [0.1, 0.15) is 17.0 Å². The van der Waals surface area contributed by atoms with Crippen LogP contribution >= 0.6 is 0 Å². The Hall–Kier alpha value is -3.09. The van der Waals surface area contributed by atoms with Gasteiger partial charge in [-0.15, -0.1) is 0 Å². The molecule has 1 atom stereocenters. The molecule has 1 heterocycles. The van der Waals surface area contributed by atoms with Gasteiger partial charge in [-0.3, -0.25) is 4.79 Å². The molecule has 1 aliphatic heterocycles. The van der Waals surface area contributed by atoms with Crippen LogP contribution in [0.15, 0.2) is 72.0 Å². The quantitative estimate of drug-likeness (QED) is 0.923. The average Bonchev–Trinajstić information content (AvgIpc) is 2.61. The largest absolute Gasteiger partial charge is 0.416 e. The first kappa shape index (κ1) is 16.8. The van der Waals surface area contributed by atoms with E-state index in [2.05, 4.69) is 5.10 Å². The Labute approximate surface area is 142 Å². The SMILES string of the molecule is NC(=O)C1=NN(c2cccc(C(F)(F)F)c2)C=CC1c1ccccc1. The van der Waals surface area contributed by atoms with Crippen molar-refractivity contribution in [1.29, 1.82) is 0 Å². The lowest BCUT2D eigenvalue weighted by Crippen LogP contribution is -2.33. The van der Waals surface area contributed by atoms with Crippen molar-refractivity contribution in [3.05, 3.63) is 78.0 Å². The predicted molar refractivity (Wildman–Crippen MR) is 88.9 cm³/mol. The van der Waals surface area contributed by atoms with Crippen molar-refractivity contribution < 1.29 is 18.0 Å². The van der Waals surface area contributed by atoms with Gasteiger partial charge >= 0.3 is 6.18 Å². The normalized spacial score (nSPS) is 17.3. The lowest BCUT2D eigenvalue weighted by Gasteiger charge is -2.25. The summed E-state index contributed by atoms with van der Waals surface area (Å²) < 4.78 is 38.6. The molecule has 0 aliphatic carbocycles. The molecule has 0 fully saturated rings. The topological polar surface area (TPSA) is 58.7 Å². The zero-order valence-corrected chi connectivity index (χ0v) is 12.9. The van der Waals surface area contributed by atoms with Crippen LogP contribution in [0.25, 0.3) is 0 Å². The number of primary amides is 1. The molecule has 1 aliphatic rings. The average molecular weight is 345 g/mol. The van der Waals surface area contributed by atoms with Crippen molar-refractivity contribution in [2.24, 2.45) is 10.8 Å². The Morgan fingerprint density at radius 1 is 1.08 bits per heavy atom.